The molecule has 2 aromatic carbocycles. The molecule has 1 aliphatic heterocycles. The summed E-state index contributed by atoms with van der Waals surface area (Å²) in [7, 11) is 0. The van der Waals surface area contributed by atoms with Crippen molar-refractivity contribution in [2.45, 2.75) is 32.1 Å². The number of hydrogen-bond acceptors (Lipinski definition) is 3. The zero-order valence-corrected chi connectivity index (χ0v) is 15.2. The first-order chi connectivity index (χ1) is 12.7. The highest BCUT2D eigenvalue weighted by atomic mass is 16.5. The summed E-state index contributed by atoms with van der Waals surface area (Å²) in [5, 5.41) is 17.6. The summed E-state index contributed by atoms with van der Waals surface area (Å²) in [6.45, 7) is 4.21. The SMILES string of the molecule is Cc1ccccc1-c1ccc(Cc2nn(O)cc2C2CCNCC2)cc1. The summed E-state index contributed by atoms with van der Waals surface area (Å²) in [6, 6.07) is 17.1. The second-order valence-corrected chi connectivity index (χ2v) is 7.16. The fraction of sp³-hybridized carbons (Fsp3) is 0.318. The van der Waals surface area contributed by atoms with Crippen LogP contribution >= 0.6 is 0 Å². The summed E-state index contributed by atoms with van der Waals surface area (Å²) in [4.78, 5) is 0.981. The Morgan fingerprint density at radius 2 is 1.81 bits per heavy atom. The van der Waals surface area contributed by atoms with Gasteiger partial charge in [0.2, 0.25) is 0 Å². The maximum atomic E-state index is 9.86. The van der Waals surface area contributed by atoms with Crippen LogP contribution in [0.25, 0.3) is 11.1 Å². The molecule has 0 radical (unpaired) electrons. The number of hydrogen-bond donors (Lipinski definition) is 2. The van der Waals surface area contributed by atoms with E-state index in [2.05, 4.69) is 65.9 Å². The molecule has 0 atom stereocenters. The minimum absolute atomic E-state index is 0.485. The average Bonchev–Trinajstić information content (AvgIpc) is 3.04. The van der Waals surface area contributed by atoms with Crippen LogP contribution in [0.2, 0.25) is 0 Å². The maximum Gasteiger partial charge on any atom is 0.0738 e. The Kier molecular flexibility index (Phi) is 4.76. The van der Waals surface area contributed by atoms with E-state index < -0.39 is 0 Å². The number of benzene rings is 2. The van der Waals surface area contributed by atoms with Crippen LogP contribution in [-0.4, -0.2) is 28.2 Å². The molecule has 134 valence electrons. The minimum Gasteiger partial charge on any atom is -0.412 e. The summed E-state index contributed by atoms with van der Waals surface area (Å²) in [6.07, 6.45) is 4.74. The van der Waals surface area contributed by atoms with Gasteiger partial charge in [0.25, 0.3) is 0 Å². The number of rotatable bonds is 4. The van der Waals surface area contributed by atoms with Gasteiger partial charge >= 0.3 is 0 Å². The molecule has 1 aliphatic rings. The summed E-state index contributed by atoms with van der Waals surface area (Å²) >= 11 is 0. The van der Waals surface area contributed by atoms with Gasteiger partial charge in [-0.3, -0.25) is 0 Å². The van der Waals surface area contributed by atoms with Gasteiger partial charge in [0, 0.05) is 12.0 Å². The summed E-state index contributed by atoms with van der Waals surface area (Å²) < 4.78 is 0. The van der Waals surface area contributed by atoms with Gasteiger partial charge in [0.05, 0.1) is 11.9 Å². The van der Waals surface area contributed by atoms with Crippen LogP contribution in [0.15, 0.2) is 54.7 Å². The van der Waals surface area contributed by atoms with Crippen molar-refractivity contribution in [3.8, 4) is 11.1 Å². The quantitative estimate of drug-likeness (QED) is 0.697. The van der Waals surface area contributed by atoms with Crippen molar-refractivity contribution in [2.24, 2.45) is 0 Å². The summed E-state index contributed by atoms with van der Waals surface area (Å²) in [5.74, 6) is 0.485. The Morgan fingerprint density at radius 3 is 2.54 bits per heavy atom. The number of aromatic nitrogens is 2. The molecular formula is C22H25N3O. The normalized spacial score (nSPS) is 15.3. The van der Waals surface area contributed by atoms with Gasteiger partial charge in [0.1, 0.15) is 0 Å². The Morgan fingerprint density at radius 1 is 1.08 bits per heavy atom. The summed E-state index contributed by atoms with van der Waals surface area (Å²) in [5.41, 5.74) is 7.19. The molecule has 0 unspecified atom stereocenters. The second-order valence-electron chi connectivity index (χ2n) is 7.16. The van der Waals surface area contributed by atoms with Crippen molar-refractivity contribution in [3.05, 3.63) is 77.1 Å². The lowest BCUT2D eigenvalue weighted by molar-refractivity contribution is 0.147. The smallest absolute Gasteiger partial charge is 0.0738 e. The third-order valence-corrected chi connectivity index (χ3v) is 5.37. The first-order valence-corrected chi connectivity index (χ1v) is 9.34. The average molecular weight is 347 g/mol. The molecule has 0 amide bonds. The molecule has 1 saturated heterocycles. The van der Waals surface area contributed by atoms with Crippen LogP contribution in [0.3, 0.4) is 0 Å². The van der Waals surface area contributed by atoms with Crippen molar-refractivity contribution in [1.29, 1.82) is 0 Å². The Labute approximate surface area is 154 Å². The van der Waals surface area contributed by atoms with Gasteiger partial charge in [-0.05, 0) is 61.0 Å². The topological polar surface area (TPSA) is 50.1 Å². The first kappa shape index (κ1) is 16.9. The molecular weight excluding hydrogens is 322 g/mol. The third kappa shape index (κ3) is 3.51. The van der Waals surface area contributed by atoms with Gasteiger partial charge in [-0.2, -0.15) is 0 Å². The van der Waals surface area contributed by atoms with E-state index in [4.69, 9.17) is 0 Å². The van der Waals surface area contributed by atoms with E-state index in [0.29, 0.717) is 5.92 Å². The largest absolute Gasteiger partial charge is 0.412 e. The lowest BCUT2D eigenvalue weighted by atomic mass is 9.89. The van der Waals surface area contributed by atoms with Crippen LogP contribution in [0, 0.1) is 6.92 Å². The van der Waals surface area contributed by atoms with Crippen LogP contribution in [0.4, 0.5) is 0 Å². The first-order valence-electron chi connectivity index (χ1n) is 9.34. The number of piperidine rings is 1. The fourth-order valence-electron chi connectivity index (χ4n) is 3.91. The zero-order chi connectivity index (χ0) is 17.9. The van der Waals surface area contributed by atoms with E-state index in [1.54, 1.807) is 6.20 Å². The predicted octanol–water partition coefficient (Wildman–Crippen LogP) is 4.15. The minimum atomic E-state index is 0.485. The van der Waals surface area contributed by atoms with E-state index in [1.807, 2.05) is 0 Å². The molecule has 1 aromatic heterocycles. The van der Waals surface area contributed by atoms with Crippen molar-refractivity contribution in [3.63, 3.8) is 0 Å². The number of nitrogens with one attached hydrogen (secondary N) is 1. The molecule has 0 saturated carbocycles. The Balaban J connectivity index is 1.56. The number of nitrogens with zero attached hydrogens (tertiary/aromatic N) is 2. The molecule has 4 nitrogen and oxygen atoms in total. The van der Waals surface area contributed by atoms with E-state index in [0.717, 1.165) is 42.9 Å². The molecule has 4 heteroatoms. The molecule has 2 heterocycles. The van der Waals surface area contributed by atoms with Crippen LogP contribution < -0.4 is 5.32 Å². The van der Waals surface area contributed by atoms with E-state index in [9.17, 15) is 5.21 Å². The predicted molar refractivity (Wildman–Crippen MR) is 104 cm³/mol. The fourth-order valence-corrected chi connectivity index (χ4v) is 3.91. The van der Waals surface area contributed by atoms with Crippen molar-refractivity contribution in [2.75, 3.05) is 13.1 Å². The van der Waals surface area contributed by atoms with E-state index >= 15 is 0 Å². The Bertz CT molecular complexity index is 877. The Hall–Kier alpha value is -2.59. The van der Waals surface area contributed by atoms with Crippen molar-refractivity contribution < 1.29 is 5.21 Å². The molecule has 4 rings (SSSR count). The second kappa shape index (κ2) is 7.34. The van der Waals surface area contributed by atoms with E-state index in [-0.39, 0.29) is 0 Å². The molecule has 1 fully saturated rings. The van der Waals surface area contributed by atoms with Crippen molar-refractivity contribution >= 4 is 0 Å². The van der Waals surface area contributed by atoms with Gasteiger partial charge in [-0.15, -0.1) is 9.94 Å². The maximum absolute atomic E-state index is 9.86. The number of aryl methyl sites for hydroxylation is 1. The zero-order valence-electron chi connectivity index (χ0n) is 15.2. The molecule has 26 heavy (non-hydrogen) atoms. The van der Waals surface area contributed by atoms with Crippen LogP contribution in [0.1, 0.15) is 41.1 Å². The van der Waals surface area contributed by atoms with Gasteiger partial charge in [-0.1, -0.05) is 48.5 Å². The van der Waals surface area contributed by atoms with Gasteiger partial charge in [0.15, 0.2) is 0 Å². The molecule has 0 aliphatic carbocycles. The van der Waals surface area contributed by atoms with Crippen LogP contribution in [-0.2, 0) is 6.42 Å². The molecule has 0 spiro atoms. The third-order valence-electron chi connectivity index (χ3n) is 5.37. The lowest BCUT2D eigenvalue weighted by Crippen LogP contribution is -2.26. The highest BCUT2D eigenvalue weighted by molar-refractivity contribution is 5.67. The molecule has 2 N–H and O–H groups in total. The van der Waals surface area contributed by atoms with Crippen molar-refractivity contribution in [1.82, 2.24) is 15.3 Å². The highest BCUT2D eigenvalue weighted by Crippen LogP contribution is 2.29. The molecule has 3 aromatic rings. The lowest BCUT2D eigenvalue weighted by Gasteiger charge is -2.22. The highest BCUT2D eigenvalue weighted by Gasteiger charge is 2.21. The monoisotopic (exact) mass is 347 g/mol. The van der Waals surface area contributed by atoms with E-state index in [1.165, 1.54) is 27.8 Å². The van der Waals surface area contributed by atoms with Gasteiger partial charge < -0.3 is 10.5 Å². The standard InChI is InChI=1S/C22H25N3O/c1-16-4-2-3-5-20(16)18-8-6-17(7-9-18)14-22-21(15-25(26)24-22)19-10-12-23-13-11-19/h2-9,15,19,23,26H,10-14H2,1H3. The molecule has 0 bridgehead atoms. The van der Waals surface area contributed by atoms with Gasteiger partial charge in [-0.25, -0.2) is 0 Å². The van der Waals surface area contributed by atoms with Crippen LogP contribution in [0.5, 0.6) is 0 Å².